The molecular weight excluding hydrogens is 224 g/mol. The van der Waals surface area contributed by atoms with Gasteiger partial charge in [0.2, 0.25) is 0 Å². The van der Waals surface area contributed by atoms with E-state index in [2.05, 4.69) is 11.0 Å². The average Bonchev–Trinajstić information content (AvgIpc) is 2.68. The average molecular weight is 244 g/mol. The van der Waals surface area contributed by atoms with Crippen LogP contribution in [0.4, 0.5) is 0 Å². The Kier molecular flexibility index (Phi) is 5.04. The predicted molar refractivity (Wildman–Crippen MR) is 71.6 cm³/mol. The minimum atomic E-state index is 0.676. The lowest BCUT2D eigenvalue weighted by molar-refractivity contribution is 0.214. The Morgan fingerprint density at radius 2 is 1.72 bits per heavy atom. The molecule has 96 valence electrons. The Balaban J connectivity index is 1.72. The summed E-state index contributed by atoms with van der Waals surface area (Å²) in [5.74, 6) is 0.851. The minimum absolute atomic E-state index is 0.676. The molecule has 0 aliphatic carbocycles. The molecule has 1 aromatic rings. The molecule has 0 N–H and O–H groups in total. The highest BCUT2D eigenvalue weighted by atomic mass is 16.5. The van der Waals surface area contributed by atoms with Gasteiger partial charge in [0.15, 0.2) is 0 Å². The molecule has 0 bridgehead atoms. The molecule has 0 aromatic heterocycles. The number of likely N-dealkylation sites (tertiary alicyclic amines) is 1. The number of nitriles is 1. The molecule has 1 heterocycles. The van der Waals surface area contributed by atoms with Crippen molar-refractivity contribution >= 4 is 0 Å². The van der Waals surface area contributed by atoms with Gasteiger partial charge in [-0.15, -0.1) is 0 Å². The fourth-order valence-corrected chi connectivity index (χ4v) is 2.28. The van der Waals surface area contributed by atoms with Crippen molar-refractivity contribution in [2.45, 2.75) is 25.7 Å². The van der Waals surface area contributed by atoms with E-state index in [1.165, 1.54) is 38.8 Å². The molecule has 0 radical (unpaired) electrons. The SMILES string of the molecule is N#Cc1ccc(OCCN2CCCCCC2)cc1. The Morgan fingerprint density at radius 1 is 1.06 bits per heavy atom. The van der Waals surface area contributed by atoms with Gasteiger partial charge in [-0.2, -0.15) is 5.26 Å². The summed E-state index contributed by atoms with van der Waals surface area (Å²) in [6.07, 6.45) is 5.37. The van der Waals surface area contributed by atoms with Crippen molar-refractivity contribution in [3.63, 3.8) is 0 Å². The summed E-state index contributed by atoms with van der Waals surface area (Å²) in [5, 5.41) is 8.70. The molecule has 0 spiro atoms. The van der Waals surface area contributed by atoms with Crippen LogP contribution < -0.4 is 4.74 Å². The molecular formula is C15H20N2O. The van der Waals surface area contributed by atoms with Crippen LogP contribution in [0.5, 0.6) is 5.75 Å². The Bertz CT molecular complexity index is 386. The van der Waals surface area contributed by atoms with Crippen LogP contribution in [0.3, 0.4) is 0 Å². The first-order chi connectivity index (χ1) is 8.88. The number of hydrogen-bond acceptors (Lipinski definition) is 3. The van der Waals surface area contributed by atoms with E-state index >= 15 is 0 Å². The van der Waals surface area contributed by atoms with Gasteiger partial charge in [0.05, 0.1) is 11.6 Å². The van der Waals surface area contributed by atoms with Gasteiger partial charge in [0.25, 0.3) is 0 Å². The summed E-state index contributed by atoms with van der Waals surface area (Å²) >= 11 is 0. The number of nitrogens with zero attached hydrogens (tertiary/aromatic N) is 2. The predicted octanol–water partition coefficient (Wildman–Crippen LogP) is 2.81. The molecule has 1 saturated heterocycles. The van der Waals surface area contributed by atoms with Gasteiger partial charge in [-0.3, -0.25) is 4.90 Å². The van der Waals surface area contributed by atoms with Crippen molar-refractivity contribution in [2.75, 3.05) is 26.2 Å². The van der Waals surface area contributed by atoms with Gasteiger partial charge in [-0.25, -0.2) is 0 Å². The lowest BCUT2D eigenvalue weighted by Crippen LogP contribution is -2.29. The lowest BCUT2D eigenvalue weighted by Gasteiger charge is -2.19. The first-order valence-corrected chi connectivity index (χ1v) is 6.74. The van der Waals surface area contributed by atoms with Crippen LogP contribution in [0, 0.1) is 11.3 Å². The normalized spacial score (nSPS) is 16.8. The summed E-state index contributed by atoms with van der Waals surface area (Å²) in [5.41, 5.74) is 0.676. The van der Waals surface area contributed by atoms with Gasteiger partial charge in [0, 0.05) is 6.54 Å². The maximum absolute atomic E-state index is 8.70. The molecule has 1 aliphatic heterocycles. The van der Waals surface area contributed by atoms with Gasteiger partial charge in [0.1, 0.15) is 12.4 Å². The minimum Gasteiger partial charge on any atom is -0.492 e. The van der Waals surface area contributed by atoms with Crippen LogP contribution in [-0.2, 0) is 0 Å². The van der Waals surface area contributed by atoms with E-state index in [0.29, 0.717) is 5.56 Å². The summed E-state index contributed by atoms with van der Waals surface area (Å²) < 4.78 is 5.70. The Labute approximate surface area is 109 Å². The van der Waals surface area contributed by atoms with E-state index in [9.17, 15) is 0 Å². The van der Waals surface area contributed by atoms with Crippen molar-refractivity contribution in [3.8, 4) is 11.8 Å². The van der Waals surface area contributed by atoms with Crippen molar-refractivity contribution in [2.24, 2.45) is 0 Å². The molecule has 1 aliphatic rings. The van der Waals surface area contributed by atoms with E-state index in [1.807, 2.05) is 12.1 Å². The van der Waals surface area contributed by atoms with Crippen LogP contribution in [0.15, 0.2) is 24.3 Å². The van der Waals surface area contributed by atoms with Crippen molar-refractivity contribution < 1.29 is 4.74 Å². The molecule has 0 unspecified atom stereocenters. The monoisotopic (exact) mass is 244 g/mol. The summed E-state index contributed by atoms with van der Waals surface area (Å²) in [6.45, 7) is 4.14. The van der Waals surface area contributed by atoms with Gasteiger partial charge in [-0.1, -0.05) is 12.8 Å². The zero-order valence-electron chi connectivity index (χ0n) is 10.8. The molecule has 18 heavy (non-hydrogen) atoms. The molecule has 0 atom stereocenters. The second kappa shape index (κ2) is 7.03. The van der Waals surface area contributed by atoms with Crippen molar-refractivity contribution in [1.82, 2.24) is 4.90 Å². The van der Waals surface area contributed by atoms with Gasteiger partial charge >= 0.3 is 0 Å². The maximum atomic E-state index is 8.70. The molecule has 0 saturated carbocycles. The van der Waals surface area contributed by atoms with E-state index in [-0.39, 0.29) is 0 Å². The number of benzene rings is 1. The van der Waals surface area contributed by atoms with E-state index in [4.69, 9.17) is 10.00 Å². The second-order valence-corrected chi connectivity index (χ2v) is 4.74. The largest absolute Gasteiger partial charge is 0.492 e. The van der Waals surface area contributed by atoms with Crippen LogP contribution in [-0.4, -0.2) is 31.1 Å². The lowest BCUT2D eigenvalue weighted by atomic mass is 10.2. The van der Waals surface area contributed by atoms with Crippen LogP contribution in [0.2, 0.25) is 0 Å². The third-order valence-corrected chi connectivity index (χ3v) is 3.36. The topological polar surface area (TPSA) is 36.3 Å². The van der Waals surface area contributed by atoms with Crippen LogP contribution in [0.1, 0.15) is 31.2 Å². The van der Waals surface area contributed by atoms with Gasteiger partial charge < -0.3 is 4.74 Å². The smallest absolute Gasteiger partial charge is 0.119 e. The summed E-state index contributed by atoms with van der Waals surface area (Å²) in [7, 11) is 0. The van der Waals surface area contributed by atoms with E-state index in [0.717, 1.165) is 18.9 Å². The maximum Gasteiger partial charge on any atom is 0.119 e. The molecule has 3 nitrogen and oxygen atoms in total. The molecule has 1 aromatic carbocycles. The molecule has 2 rings (SSSR count). The first kappa shape index (κ1) is 12.9. The van der Waals surface area contributed by atoms with Crippen LogP contribution >= 0.6 is 0 Å². The fraction of sp³-hybridized carbons (Fsp3) is 0.533. The van der Waals surface area contributed by atoms with E-state index in [1.54, 1.807) is 12.1 Å². The van der Waals surface area contributed by atoms with Gasteiger partial charge in [-0.05, 0) is 50.2 Å². The number of rotatable bonds is 4. The quantitative estimate of drug-likeness (QED) is 0.817. The summed E-state index contributed by atoms with van der Waals surface area (Å²) in [4.78, 5) is 2.48. The number of hydrogen-bond donors (Lipinski definition) is 0. The Hall–Kier alpha value is -1.53. The van der Waals surface area contributed by atoms with Crippen LogP contribution in [0.25, 0.3) is 0 Å². The molecule has 1 fully saturated rings. The van der Waals surface area contributed by atoms with E-state index < -0.39 is 0 Å². The molecule has 0 amide bonds. The standard InChI is InChI=1S/C15H20N2O/c16-13-14-5-7-15(8-6-14)18-12-11-17-9-3-1-2-4-10-17/h5-8H,1-4,9-12H2. The zero-order valence-corrected chi connectivity index (χ0v) is 10.8. The first-order valence-electron chi connectivity index (χ1n) is 6.74. The third kappa shape index (κ3) is 4.05. The second-order valence-electron chi connectivity index (χ2n) is 4.74. The highest BCUT2D eigenvalue weighted by Crippen LogP contribution is 2.12. The fourth-order valence-electron chi connectivity index (χ4n) is 2.28. The van der Waals surface area contributed by atoms with Crippen molar-refractivity contribution in [3.05, 3.63) is 29.8 Å². The van der Waals surface area contributed by atoms with Crippen molar-refractivity contribution in [1.29, 1.82) is 5.26 Å². The Morgan fingerprint density at radius 3 is 2.33 bits per heavy atom. The zero-order chi connectivity index (χ0) is 12.6. The highest BCUT2D eigenvalue weighted by Gasteiger charge is 2.08. The number of ether oxygens (including phenoxy) is 1. The highest BCUT2D eigenvalue weighted by molar-refractivity contribution is 5.34. The molecule has 3 heteroatoms. The summed E-state index contributed by atoms with van der Waals surface area (Å²) in [6, 6.07) is 9.42. The third-order valence-electron chi connectivity index (χ3n) is 3.36.